The van der Waals surface area contributed by atoms with Crippen molar-refractivity contribution in [2.24, 2.45) is 0 Å². The summed E-state index contributed by atoms with van der Waals surface area (Å²) in [5.74, 6) is 1.04. The van der Waals surface area contributed by atoms with Gasteiger partial charge in [0, 0.05) is 6.20 Å². The van der Waals surface area contributed by atoms with E-state index in [2.05, 4.69) is 18.5 Å². The first-order chi connectivity index (χ1) is 5.75. The molecule has 0 saturated heterocycles. The molecule has 2 heteroatoms. The Labute approximate surface area is 73.1 Å². The van der Waals surface area contributed by atoms with Gasteiger partial charge in [-0.25, -0.2) is 4.98 Å². The van der Waals surface area contributed by atoms with Crippen molar-refractivity contribution in [2.75, 3.05) is 5.73 Å². The highest BCUT2D eigenvalue weighted by Gasteiger charge is 2.06. The Morgan fingerprint density at radius 1 is 1.75 bits per heavy atom. The van der Waals surface area contributed by atoms with E-state index < -0.39 is 0 Å². The first kappa shape index (κ1) is 8.78. The summed E-state index contributed by atoms with van der Waals surface area (Å²) in [5.41, 5.74) is 6.82. The molecular weight excluding hydrogens is 148 g/mol. The lowest BCUT2D eigenvalue weighted by Crippen LogP contribution is -2.00. The summed E-state index contributed by atoms with van der Waals surface area (Å²) < 4.78 is 0. The highest BCUT2D eigenvalue weighted by molar-refractivity contribution is 5.40. The first-order valence-electron chi connectivity index (χ1n) is 4.07. The predicted molar refractivity (Wildman–Crippen MR) is 51.9 cm³/mol. The molecule has 0 spiro atoms. The number of allylic oxidation sites excluding steroid dienone is 1. The monoisotopic (exact) mass is 162 g/mol. The van der Waals surface area contributed by atoms with Gasteiger partial charge in [-0.3, -0.25) is 0 Å². The molecule has 0 aliphatic heterocycles. The van der Waals surface area contributed by atoms with Crippen LogP contribution in [0.2, 0.25) is 0 Å². The molecule has 0 aromatic carbocycles. The number of pyridine rings is 1. The highest BCUT2D eigenvalue weighted by Crippen LogP contribution is 2.22. The van der Waals surface area contributed by atoms with Gasteiger partial charge in [0.05, 0.1) is 0 Å². The minimum Gasteiger partial charge on any atom is -0.383 e. The maximum Gasteiger partial charge on any atom is 0.126 e. The quantitative estimate of drug-likeness (QED) is 0.693. The lowest BCUT2D eigenvalue weighted by Gasteiger charge is -2.10. The van der Waals surface area contributed by atoms with Crippen LogP contribution in [0.3, 0.4) is 0 Å². The molecule has 1 aromatic rings. The first-order valence-corrected chi connectivity index (χ1v) is 4.07. The number of nitrogens with zero attached hydrogens (tertiary/aromatic N) is 1. The number of anilines is 1. The second kappa shape index (κ2) is 3.90. The zero-order valence-electron chi connectivity index (χ0n) is 7.33. The van der Waals surface area contributed by atoms with E-state index in [1.54, 1.807) is 6.20 Å². The summed E-state index contributed by atoms with van der Waals surface area (Å²) in [6.07, 6.45) is 4.55. The van der Waals surface area contributed by atoms with Crippen LogP contribution in [-0.4, -0.2) is 4.98 Å². The third kappa shape index (κ3) is 1.84. The van der Waals surface area contributed by atoms with Gasteiger partial charge in [0.25, 0.3) is 0 Å². The molecule has 1 rings (SSSR count). The lowest BCUT2D eigenvalue weighted by molar-refractivity contribution is 0.780. The summed E-state index contributed by atoms with van der Waals surface area (Å²) in [5, 5.41) is 0. The van der Waals surface area contributed by atoms with Crippen molar-refractivity contribution in [1.82, 2.24) is 4.98 Å². The number of hydrogen-bond acceptors (Lipinski definition) is 2. The summed E-state index contributed by atoms with van der Waals surface area (Å²) in [6, 6.07) is 3.92. The summed E-state index contributed by atoms with van der Waals surface area (Å²) in [7, 11) is 0. The smallest absolute Gasteiger partial charge is 0.126 e. The lowest BCUT2D eigenvalue weighted by atomic mass is 9.99. The molecule has 1 heterocycles. The fourth-order valence-electron chi connectivity index (χ4n) is 1.22. The van der Waals surface area contributed by atoms with Crippen molar-refractivity contribution in [3.63, 3.8) is 0 Å². The molecule has 1 aromatic heterocycles. The molecule has 2 nitrogen and oxygen atoms in total. The van der Waals surface area contributed by atoms with Crippen molar-refractivity contribution in [3.8, 4) is 0 Å². The van der Waals surface area contributed by atoms with E-state index in [-0.39, 0.29) is 0 Å². The van der Waals surface area contributed by atoms with Crippen LogP contribution in [0.1, 0.15) is 24.8 Å². The molecule has 0 aliphatic rings. The van der Waals surface area contributed by atoms with Crippen LogP contribution in [0.25, 0.3) is 0 Å². The van der Waals surface area contributed by atoms with Crippen LogP contribution in [0.15, 0.2) is 31.0 Å². The number of hydrogen-bond donors (Lipinski definition) is 1. The van der Waals surface area contributed by atoms with Gasteiger partial charge in [0.2, 0.25) is 0 Å². The van der Waals surface area contributed by atoms with Crippen molar-refractivity contribution in [3.05, 3.63) is 36.5 Å². The molecule has 1 unspecified atom stereocenters. The van der Waals surface area contributed by atoms with Gasteiger partial charge in [-0.2, -0.15) is 0 Å². The van der Waals surface area contributed by atoms with Crippen molar-refractivity contribution in [2.45, 2.75) is 19.3 Å². The fraction of sp³-hybridized carbons (Fsp3) is 0.300. The third-order valence-corrected chi connectivity index (χ3v) is 1.92. The van der Waals surface area contributed by atoms with Gasteiger partial charge < -0.3 is 5.73 Å². The maximum absolute atomic E-state index is 5.71. The Morgan fingerprint density at radius 3 is 3.08 bits per heavy atom. The van der Waals surface area contributed by atoms with Gasteiger partial charge in [-0.1, -0.05) is 19.1 Å². The molecule has 0 radical (unpaired) electrons. The average Bonchev–Trinajstić information content (AvgIpc) is 2.05. The minimum atomic E-state index is 0.413. The Kier molecular flexibility index (Phi) is 2.86. The van der Waals surface area contributed by atoms with Crippen molar-refractivity contribution in [1.29, 1.82) is 0 Å². The average molecular weight is 162 g/mol. The van der Waals surface area contributed by atoms with Gasteiger partial charge >= 0.3 is 0 Å². The van der Waals surface area contributed by atoms with E-state index in [1.165, 1.54) is 0 Å². The standard InChI is InChI=1S/C10H14N2/c1-3-5-8(2)9-6-4-7-12-10(9)11/h3-4,6-8H,1,5H2,2H3,(H2,11,12). The number of aromatic nitrogens is 1. The molecule has 0 aliphatic carbocycles. The molecule has 0 fully saturated rings. The Balaban J connectivity index is 2.86. The predicted octanol–water partition coefficient (Wildman–Crippen LogP) is 2.34. The van der Waals surface area contributed by atoms with Crippen LogP contribution in [0.5, 0.6) is 0 Å². The zero-order chi connectivity index (χ0) is 8.97. The van der Waals surface area contributed by atoms with E-state index in [9.17, 15) is 0 Å². The van der Waals surface area contributed by atoms with Gasteiger partial charge in [-0.15, -0.1) is 6.58 Å². The summed E-state index contributed by atoms with van der Waals surface area (Å²) in [6.45, 7) is 5.81. The maximum atomic E-state index is 5.71. The highest BCUT2D eigenvalue weighted by atomic mass is 14.8. The van der Waals surface area contributed by atoms with E-state index in [0.29, 0.717) is 11.7 Å². The number of nitrogens with two attached hydrogens (primary N) is 1. The van der Waals surface area contributed by atoms with Crippen LogP contribution < -0.4 is 5.73 Å². The number of rotatable bonds is 3. The molecule has 0 saturated carbocycles. The van der Waals surface area contributed by atoms with Gasteiger partial charge in [0.1, 0.15) is 5.82 Å². The van der Waals surface area contributed by atoms with Gasteiger partial charge in [0.15, 0.2) is 0 Å². The van der Waals surface area contributed by atoms with E-state index in [0.717, 1.165) is 12.0 Å². The van der Waals surface area contributed by atoms with Crippen LogP contribution in [0, 0.1) is 0 Å². The fourth-order valence-corrected chi connectivity index (χ4v) is 1.22. The molecule has 2 N–H and O–H groups in total. The largest absolute Gasteiger partial charge is 0.383 e. The van der Waals surface area contributed by atoms with Gasteiger partial charge in [-0.05, 0) is 24.0 Å². The Hall–Kier alpha value is -1.31. The van der Waals surface area contributed by atoms with E-state index >= 15 is 0 Å². The van der Waals surface area contributed by atoms with Crippen molar-refractivity contribution >= 4 is 5.82 Å². The second-order valence-electron chi connectivity index (χ2n) is 2.90. The topological polar surface area (TPSA) is 38.9 Å². The van der Waals surface area contributed by atoms with E-state index in [1.807, 2.05) is 18.2 Å². The Bertz CT molecular complexity index is 268. The minimum absolute atomic E-state index is 0.413. The zero-order valence-corrected chi connectivity index (χ0v) is 7.33. The summed E-state index contributed by atoms with van der Waals surface area (Å²) in [4.78, 5) is 4.03. The SMILES string of the molecule is C=CCC(C)c1cccnc1N. The molecule has 64 valence electrons. The summed E-state index contributed by atoms with van der Waals surface area (Å²) >= 11 is 0. The molecule has 0 amide bonds. The molecule has 12 heavy (non-hydrogen) atoms. The number of nitrogen functional groups attached to an aromatic ring is 1. The molecule has 1 atom stereocenters. The van der Waals surface area contributed by atoms with Crippen LogP contribution >= 0.6 is 0 Å². The van der Waals surface area contributed by atoms with Crippen LogP contribution in [-0.2, 0) is 0 Å². The second-order valence-corrected chi connectivity index (χ2v) is 2.90. The van der Waals surface area contributed by atoms with E-state index in [4.69, 9.17) is 5.73 Å². The third-order valence-electron chi connectivity index (χ3n) is 1.92. The normalized spacial score (nSPS) is 12.4. The molecule has 0 bridgehead atoms. The van der Waals surface area contributed by atoms with Crippen molar-refractivity contribution < 1.29 is 0 Å². The Morgan fingerprint density at radius 2 is 2.50 bits per heavy atom. The molecular formula is C10H14N2. The van der Waals surface area contributed by atoms with Crippen LogP contribution in [0.4, 0.5) is 5.82 Å².